The molecule has 0 spiro atoms. The number of rotatable bonds is 2. The molecule has 1 aliphatic rings. The van der Waals surface area contributed by atoms with Gasteiger partial charge in [0.05, 0.1) is 0 Å². The van der Waals surface area contributed by atoms with Crippen LogP contribution in [0.1, 0.15) is 0 Å². The standard InChI is InChI=1S/C3H12N7O.Na/c4-9-1-6-2(10-5)8-3(11)7-1;/h1-3,6-10H,4-5H2;/q-1;+1. The van der Waals surface area contributed by atoms with E-state index in [9.17, 15) is 5.11 Å². The Balaban J connectivity index is 0.00000121. The Kier molecular flexibility index (Phi) is 6.53. The molecule has 0 amide bonds. The molecule has 1 fully saturated rings. The summed E-state index contributed by atoms with van der Waals surface area (Å²) in [5, 5.41) is 18.7. The van der Waals surface area contributed by atoms with Gasteiger partial charge in [-0.1, -0.05) is 0 Å². The molecule has 0 aromatic rings. The van der Waals surface area contributed by atoms with E-state index in [4.69, 9.17) is 11.7 Å². The molecule has 1 heterocycles. The summed E-state index contributed by atoms with van der Waals surface area (Å²) in [6, 6.07) is 0. The van der Waals surface area contributed by atoms with E-state index in [-0.39, 0.29) is 29.6 Å². The molecule has 9 heteroatoms. The topological polar surface area (TPSA) is 135 Å². The van der Waals surface area contributed by atoms with Gasteiger partial charge in [0.1, 0.15) is 12.6 Å². The Morgan fingerprint density at radius 2 is 1.42 bits per heavy atom. The minimum Gasteiger partial charge on any atom is -0.829 e. The van der Waals surface area contributed by atoms with Crippen molar-refractivity contribution in [1.82, 2.24) is 26.8 Å². The van der Waals surface area contributed by atoms with E-state index < -0.39 is 18.9 Å². The normalized spacial score (nSPS) is 35.8. The van der Waals surface area contributed by atoms with Crippen molar-refractivity contribution in [2.24, 2.45) is 11.7 Å². The minimum atomic E-state index is -1.10. The van der Waals surface area contributed by atoms with Gasteiger partial charge in [0.2, 0.25) is 0 Å². The molecule has 1 rings (SSSR count). The van der Waals surface area contributed by atoms with Gasteiger partial charge in [0.15, 0.2) is 0 Å². The van der Waals surface area contributed by atoms with Crippen molar-refractivity contribution in [2.45, 2.75) is 18.9 Å². The van der Waals surface area contributed by atoms with Crippen LogP contribution in [0.5, 0.6) is 0 Å². The Morgan fingerprint density at radius 3 is 1.75 bits per heavy atom. The van der Waals surface area contributed by atoms with Gasteiger partial charge >= 0.3 is 29.6 Å². The van der Waals surface area contributed by atoms with Crippen molar-refractivity contribution in [3.05, 3.63) is 0 Å². The average Bonchev–Trinajstić information content (AvgIpc) is 2.03. The third-order valence-corrected chi connectivity index (χ3v) is 1.30. The fourth-order valence-electron chi connectivity index (χ4n) is 0.806. The fraction of sp³-hybridized carbons (Fsp3) is 1.00. The smallest absolute Gasteiger partial charge is 0.829 e. The minimum absolute atomic E-state index is 0. The summed E-state index contributed by atoms with van der Waals surface area (Å²) in [4.78, 5) is 0. The third-order valence-electron chi connectivity index (χ3n) is 1.30. The number of hydrazine groups is 2. The fourth-order valence-corrected chi connectivity index (χ4v) is 0.806. The molecule has 0 bridgehead atoms. The summed E-state index contributed by atoms with van der Waals surface area (Å²) < 4.78 is 0. The molecular formula is C3H12N7NaO. The molecular weight excluding hydrogens is 173 g/mol. The Bertz CT molecular complexity index is 113. The molecule has 1 saturated heterocycles. The molecule has 2 unspecified atom stereocenters. The maximum absolute atomic E-state index is 10.8. The summed E-state index contributed by atoms with van der Waals surface area (Å²) in [5.41, 5.74) is 4.68. The van der Waals surface area contributed by atoms with Gasteiger partial charge in [0, 0.05) is 0 Å². The maximum atomic E-state index is 10.8. The van der Waals surface area contributed by atoms with Crippen LogP contribution in [0.15, 0.2) is 0 Å². The summed E-state index contributed by atoms with van der Waals surface area (Å²) in [7, 11) is 0. The van der Waals surface area contributed by atoms with E-state index in [1.165, 1.54) is 0 Å². The zero-order valence-corrected chi connectivity index (χ0v) is 8.79. The van der Waals surface area contributed by atoms with Crippen LogP contribution >= 0.6 is 0 Å². The largest absolute Gasteiger partial charge is 1.00 e. The molecule has 9 N–H and O–H groups in total. The van der Waals surface area contributed by atoms with Crippen LogP contribution in [-0.4, -0.2) is 18.9 Å². The van der Waals surface area contributed by atoms with Crippen LogP contribution in [0.3, 0.4) is 0 Å². The Hall–Kier alpha value is 0.680. The Morgan fingerprint density at radius 1 is 1.00 bits per heavy atom. The van der Waals surface area contributed by atoms with E-state index >= 15 is 0 Å². The van der Waals surface area contributed by atoms with Crippen molar-refractivity contribution < 1.29 is 34.7 Å². The summed E-state index contributed by atoms with van der Waals surface area (Å²) in [6.07, 6.45) is -1.99. The molecule has 0 radical (unpaired) electrons. The van der Waals surface area contributed by atoms with Crippen LogP contribution in [-0.2, 0) is 0 Å². The van der Waals surface area contributed by atoms with Gasteiger partial charge in [0.25, 0.3) is 0 Å². The molecule has 0 aromatic heterocycles. The second-order valence-electron chi connectivity index (χ2n) is 2.08. The van der Waals surface area contributed by atoms with E-state index in [0.717, 1.165) is 0 Å². The van der Waals surface area contributed by atoms with Crippen molar-refractivity contribution in [3.63, 3.8) is 0 Å². The first-order valence-electron chi connectivity index (χ1n) is 3.12. The SMILES string of the molecule is NNC1NC([O-])NC(NN)N1.[Na+]. The van der Waals surface area contributed by atoms with Gasteiger partial charge in [-0.2, -0.15) is 0 Å². The van der Waals surface area contributed by atoms with Gasteiger partial charge in [-0.05, 0) is 6.35 Å². The van der Waals surface area contributed by atoms with Crippen LogP contribution in [0.4, 0.5) is 0 Å². The second kappa shape index (κ2) is 6.18. The molecule has 0 aromatic carbocycles. The number of hydrogen-bond donors (Lipinski definition) is 7. The van der Waals surface area contributed by atoms with Gasteiger partial charge in [-0.25, -0.2) is 10.9 Å². The molecule has 66 valence electrons. The number of nitrogens with two attached hydrogens (primary N) is 2. The van der Waals surface area contributed by atoms with Gasteiger partial charge in [-0.3, -0.25) is 27.6 Å². The first-order valence-corrected chi connectivity index (χ1v) is 3.12. The predicted molar refractivity (Wildman–Crippen MR) is 35.4 cm³/mol. The zero-order valence-electron chi connectivity index (χ0n) is 6.79. The van der Waals surface area contributed by atoms with Crippen LogP contribution in [0.25, 0.3) is 0 Å². The average molecular weight is 185 g/mol. The van der Waals surface area contributed by atoms with Crippen molar-refractivity contribution >= 4 is 0 Å². The number of nitrogens with one attached hydrogen (secondary N) is 5. The summed E-state index contributed by atoms with van der Waals surface area (Å²) in [5.74, 6) is 10.1. The predicted octanol–water partition coefficient (Wildman–Crippen LogP) is -8.09. The maximum Gasteiger partial charge on any atom is 1.00 e. The van der Waals surface area contributed by atoms with E-state index in [1.807, 2.05) is 0 Å². The molecule has 0 saturated carbocycles. The Labute approximate surface area is 92.0 Å². The van der Waals surface area contributed by atoms with Crippen molar-refractivity contribution in [1.29, 1.82) is 0 Å². The monoisotopic (exact) mass is 185 g/mol. The van der Waals surface area contributed by atoms with E-state index in [0.29, 0.717) is 0 Å². The van der Waals surface area contributed by atoms with E-state index in [2.05, 4.69) is 26.8 Å². The first-order chi connectivity index (χ1) is 5.26. The van der Waals surface area contributed by atoms with Crippen LogP contribution < -0.4 is 73.2 Å². The van der Waals surface area contributed by atoms with Crippen LogP contribution in [0.2, 0.25) is 0 Å². The molecule has 2 atom stereocenters. The van der Waals surface area contributed by atoms with Gasteiger partial charge in [-0.15, -0.1) is 0 Å². The molecule has 1 aliphatic heterocycles. The molecule has 12 heavy (non-hydrogen) atoms. The number of hydrogen-bond acceptors (Lipinski definition) is 8. The van der Waals surface area contributed by atoms with E-state index in [1.54, 1.807) is 0 Å². The summed E-state index contributed by atoms with van der Waals surface area (Å²) >= 11 is 0. The molecule has 8 nitrogen and oxygen atoms in total. The second-order valence-corrected chi connectivity index (χ2v) is 2.08. The molecule has 0 aliphatic carbocycles. The first kappa shape index (κ1) is 12.7. The van der Waals surface area contributed by atoms with Crippen LogP contribution in [0, 0.1) is 0 Å². The zero-order chi connectivity index (χ0) is 8.27. The van der Waals surface area contributed by atoms with Gasteiger partial charge < -0.3 is 5.11 Å². The van der Waals surface area contributed by atoms with Crippen molar-refractivity contribution in [3.8, 4) is 0 Å². The third kappa shape index (κ3) is 3.60. The quantitative estimate of drug-likeness (QED) is 0.128. The summed E-state index contributed by atoms with van der Waals surface area (Å²) in [6.45, 7) is 0. The van der Waals surface area contributed by atoms with Crippen molar-refractivity contribution in [2.75, 3.05) is 0 Å².